The molecule has 142 valence electrons. The number of halogens is 3. The van der Waals surface area contributed by atoms with Gasteiger partial charge in [0.1, 0.15) is 5.75 Å². The highest BCUT2D eigenvalue weighted by atomic mass is 35.5. The van der Waals surface area contributed by atoms with Crippen molar-refractivity contribution in [1.82, 2.24) is 0 Å². The van der Waals surface area contributed by atoms with Gasteiger partial charge in [0, 0.05) is 16.5 Å². The monoisotopic (exact) mass is 430 g/mol. The van der Waals surface area contributed by atoms with Gasteiger partial charge in [0.05, 0.1) is 29.6 Å². The molecule has 0 saturated heterocycles. The molecule has 3 aromatic carbocycles. The van der Waals surface area contributed by atoms with Crippen LogP contribution in [0.1, 0.15) is 23.6 Å². The minimum atomic E-state index is -0.00895. The highest BCUT2D eigenvalue weighted by Crippen LogP contribution is 2.41. The van der Waals surface area contributed by atoms with Crippen LogP contribution in [0.4, 0.5) is 5.69 Å². The van der Waals surface area contributed by atoms with Crippen molar-refractivity contribution in [2.24, 2.45) is 5.10 Å². The Bertz CT molecular complexity index is 1020. The third-order valence-corrected chi connectivity index (χ3v) is 5.55. The molecule has 0 radical (unpaired) electrons. The van der Waals surface area contributed by atoms with Crippen LogP contribution in [0, 0.1) is 0 Å². The second kappa shape index (κ2) is 8.04. The van der Waals surface area contributed by atoms with E-state index in [4.69, 9.17) is 44.6 Å². The minimum Gasteiger partial charge on any atom is -0.497 e. The molecule has 0 bridgehead atoms. The number of methoxy groups -OCH3 is 1. The predicted octanol–water partition coefficient (Wildman–Crippen LogP) is 7.01. The summed E-state index contributed by atoms with van der Waals surface area (Å²) in [6, 6.07) is 21.1. The summed E-state index contributed by atoms with van der Waals surface area (Å²) >= 11 is 18.8. The molecular weight excluding hydrogens is 415 g/mol. The number of nitrogens with zero attached hydrogens (tertiary/aromatic N) is 2. The van der Waals surface area contributed by atoms with E-state index in [-0.39, 0.29) is 6.04 Å². The zero-order valence-corrected chi connectivity index (χ0v) is 17.3. The van der Waals surface area contributed by atoms with E-state index in [9.17, 15) is 0 Å². The lowest BCUT2D eigenvalue weighted by Gasteiger charge is -2.25. The Morgan fingerprint density at radius 2 is 1.57 bits per heavy atom. The molecule has 1 aliphatic rings. The molecule has 3 aromatic rings. The van der Waals surface area contributed by atoms with Crippen molar-refractivity contribution in [1.29, 1.82) is 0 Å². The Morgan fingerprint density at radius 3 is 2.25 bits per heavy atom. The summed E-state index contributed by atoms with van der Waals surface area (Å²) in [5, 5.41) is 8.75. The van der Waals surface area contributed by atoms with Crippen LogP contribution in [0.25, 0.3) is 0 Å². The predicted molar refractivity (Wildman–Crippen MR) is 117 cm³/mol. The van der Waals surface area contributed by atoms with Crippen molar-refractivity contribution in [2.45, 2.75) is 12.5 Å². The SMILES string of the molecule is COc1ccc(C2=NN(c3cc(Cl)ccc3Cl)C(c3ccc(Cl)cc3)C2)cc1. The van der Waals surface area contributed by atoms with Crippen molar-refractivity contribution in [3.63, 3.8) is 0 Å². The summed E-state index contributed by atoms with van der Waals surface area (Å²) in [6.07, 6.45) is 0.733. The van der Waals surface area contributed by atoms with E-state index in [1.165, 1.54) is 0 Å². The van der Waals surface area contributed by atoms with Crippen LogP contribution < -0.4 is 9.75 Å². The second-order valence-corrected chi connectivity index (χ2v) is 7.77. The molecule has 0 spiro atoms. The number of hydrogen-bond acceptors (Lipinski definition) is 3. The molecule has 1 aliphatic heterocycles. The highest BCUT2D eigenvalue weighted by Gasteiger charge is 2.31. The summed E-state index contributed by atoms with van der Waals surface area (Å²) in [6.45, 7) is 0. The average Bonchev–Trinajstić information content (AvgIpc) is 3.15. The Kier molecular flexibility index (Phi) is 5.49. The van der Waals surface area contributed by atoms with Crippen LogP contribution in [0.3, 0.4) is 0 Å². The standard InChI is InChI=1S/C22H17Cl3N2O/c1-28-18-9-4-14(5-10-18)20-13-21(15-2-6-16(23)7-3-15)27(26-20)22-12-17(24)8-11-19(22)25/h2-12,21H,13H2,1H3. The molecule has 0 aliphatic carbocycles. The number of rotatable bonds is 4. The Morgan fingerprint density at radius 1 is 0.893 bits per heavy atom. The quantitative estimate of drug-likeness (QED) is 0.444. The first kappa shape index (κ1) is 19.1. The number of hydrogen-bond donors (Lipinski definition) is 0. The minimum absolute atomic E-state index is 0.00895. The third kappa shape index (κ3) is 3.83. The summed E-state index contributed by atoms with van der Waals surface area (Å²) < 4.78 is 5.26. The fourth-order valence-electron chi connectivity index (χ4n) is 3.30. The normalized spacial score (nSPS) is 16.2. The second-order valence-electron chi connectivity index (χ2n) is 6.49. The summed E-state index contributed by atoms with van der Waals surface area (Å²) in [4.78, 5) is 0. The summed E-state index contributed by atoms with van der Waals surface area (Å²) in [5.41, 5.74) is 3.89. The fourth-order valence-corrected chi connectivity index (χ4v) is 3.79. The molecule has 1 heterocycles. The highest BCUT2D eigenvalue weighted by molar-refractivity contribution is 6.35. The summed E-state index contributed by atoms with van der Waals surface area (Å²) in [5.74, 6) is 0.811. The van der Waals surface area contributed by atoms with Gasteiger partial charge in [-0.05, 0) is 65.7 Å². The number of ether oxygens (including phenoxy) is 1. The van der Waals surface area contributed by atoms with E-state index >= 15 is 0 Å². The van der Waals surface area contributed by atoms with Crippen molar-refractivity contribution >= 4 is 46.2 Å². The van der Waals surface area contributed by atoms with E-state index in [1.54, 1.807) is 19.2 Å². The van der Waals surface area contributed by atoms with Gasteiger partial charge in [-0.1, -0.05) is 46.9 Å². The maximum Gasteiger partial charge on any atom is 0.118 e. The largest absolute Gasteiger partial charge is 0.497 e. The Labute approximate surface area is 179 Å². The maximum atomic E-state index is 6.48. The zero-order valence-electron chi connectivity index (χ0n) is 15.1. The van der Waals surface area contributed by atoms with E-state index in [0.717, 1.165) is 34.7 Å². The Balaban J connectivity index is 1.77. The van der Waals surface area contributed by atoms with Crippen molar-refractivity contribution < 1.29 is 4.74 Å². The smallest absolute Gasteiger partial charge is 0.118 e. The lowest BCUT2D eigenvalue weighted by atomic mass is 9.98. The van der Waals surface area contributed by atoms with Gasteiger partial charge in [-0.25, -0.2) is 0 Å². The van der Waals surface area contributed by atoms with E-state index < -0.39 is 0 Å². The molecule has 6 heteroatoms. The number of hydrazone groups is 1. The molecule has 28 heavy (non-hydrogen) atoms. The van der Waals surface area contributed by atoms with Gasteiger partial charge in [-0.15, -0.1) is 0 Å². The van der Waals surface area contributed by atoms with Gasteiger partial charge in [0.25, 0.3) is 0 Å². The van der Waals surface area contributed by atoms with Crippen LogP contribution in [-0.2, 0) is 0 Å². The van der Waals surface area contributed by atoms with Crippen LogP contribution >= 0.6 is 34.8 Å². The molecule has 0 amide bonds. The van der Waals surface area contributed by atoms with Gasteiger partial charge in [0.15, 0.2) is 0 Å². The molecule has 3 nitrogen and oxygen atoms in total. The molecule has 0 N–H and O–H groups in total. The first-order valence-corrected chi connectivity index (χ1v) is 9.90. The van der Waals surface area contributed by atoms with E-state index in [0.29, 0.717) is 15.1 Å². The molecule has 1 atom stereocenters. The molecule has 0 saturated carbocycles. The fraction of sp³-hybridized carbons (Fsp3) is 0.136. The third-order valence-electron chi connectivity index (χ3n) is 4.74. The molecule has 0 fully saturated rings. The molecule has 0 aromatic heterocycles. The zero-order chi connectivity index (χ0) is 19.7. The lowest BCUT2D eigenvalue weighted by molar-refractivity contribution is 0.415. The molecular formula is C22H17Cl3N2O. The molecule has 4 rings (SSSR count). The summed E-state index contributed by atoms with van der Waals surface area (Å²) in [7, 11) is 1.65. The Hall–Kier alpha value is -2.20. The number of benzene rings is 3. The van der Waals surface area contributed by atoms with Crippen LogP contribution in [0.2, 0.25) is 15.1 Å². The van der Waals surface area contributed by atoms with Crippen molar-refractivity contribution in [3.05, 3.63) is 92.9 Å². The van der Waals surface area contributed by atoms with Gasteiger partial charge >= 0.3 is 0 Å². The first-order chi connectivity index (χ1) is 13.5. The topological polar surface area (TPSA) is 24.8 Å². The van der Waals surface area contributed by atoms with E-state index in [1.807, 2.05) is 59.6 Å². The maximum absolute atomic E-state index is 6.48. The average molecular weight is 432 g/mol. The lowest BCUT2D eigenvalue weighted by Crippen LogP contribution is -2.18. The van der Waals surface area contributed by atoms with Gasteiger partial charge in [-0.2, -0.15) is 5.10 Å². The van der Waals surface area contributed by atoms with Crippen molar-refractivity contribution in [3.8, 4) is 5.75 Å². The number of anilines is 1. The van der Waals surface area contributed by atoms with Crippen LogP contribution in [0.15, 0.2) is 71.8 Å². The van der Waals surface area contributed by atoms with Gasteiger partial charge < -0.3 is 4.74 Å². The van der Waals surface area contributed by atoms with Gasteiger partial charge in [0.2, 0.25) is 0 Å². The van der Waals surface area contributed by atoms with Crippen LogP contribution in [-0.4, -0.2) is 12.8 Å². The molecule has 1 unspecified atom stereocenters. The van der Waals surface area contributed by atoms with Crippen molar-refractivity contribution in [2.75, 3.05) is 12.1 Å². The van der Waals surface area contributed by atoms with Gasteiger partial charge in [-0.3, -0.25) is 5.01 Å². The first-order valence-electron chi connectivity index (χ1n) is 8.77. The van der Waals surface area contributed by atoms with Crippen LogP contribution in [0.5, 0.6) is 5.75 Å². The van der Waals surface area contributed by atoms with E-state index in [2.05, 4.69) is 0 Å².